The van der Waals surface area contributed by atoms with E-state index in [9.17, 15) is 9.59 Å². The van der Waals surface area contributed by atoms with E-state index in [2.05, 4.69) is 20.8 Å². The Kier molecular flexibility index (Phi) is 6.92. The fourth-order valence-electron chi connectivity index (χ4n) is 2.88. The number of carbonyl (C=O) groups is 2. The zero-order chi connectivity index (χ0) is 19.3. The normalized spacial score (nSPS) is 15.4. The van der Waals surface area contributed by atoms with Crippen LogP contribution in [0.4, 0.5) is 10.5 Å². The van der Waals surface area contributed by atoms with Crippen LogP contribution in [-0.2, 0) is 14.8 Å². The van der Waals surface area contributed by atoms with Crippen LogP contribution >= 0.6 is 15.9 Å². The van der Waals surface area contributed by atoms with Crippen LogP contribution in [0.2, 0.25) is 0 Å². The second-order valence-electron chi connectivity index (χ2n) is 7.27. The molecule has 0 radical (unpaired) electrons. The lowest BCUT2D eigenvalue weighted by molar-refractivity contribution is 0.0263. The highest BCUT2D eigenvalue weighted by molar-refractivity contribution is 9.08. The van der Waals surface area contributed by atoms with Gasteiger partial charge in [0.1, 0.15) is 5.60 Å². The van der Waals surface area contributed by atoms with Gasteiger partial charge in [0.2, 0.25) is 0 Å². The van der Waals surface area contributed by atoms with Gasteiger partial charge in [-0.1, -0.05) is 15.9 Å². The maximum absolute atomic E-state index is 12.3. The number of ether oxygens (including phenoxy) is 2. The Morgan fingerprint density at radius 2 is 1.88 bits per heavy atom. The summed E-state index contributed by atoms with van der Waals surface area (Å²) in [5.74, 6) is -0.335. The number of nitrogens with zero attached hydrogens (tertiary/aromatic N) is 2. The van der Waals surface area contributed by atoms with Crippen molar-refractivity contribution < 1.29 is 19.1 Å². The van der Waals surface area contributed by atoms with E-state index in [1.54, 1.807) is 11.0 Å². The second kappa shape index (κ2) is 8.75. The van der Waals surface area contributed by atoms with Gasteiger partial charge in [0, 0.05) is 37.2 Å². The molecule has 1 amide bonds. The van der Waals surface area contributed by atoms with Gasteiger partial charge >= 0.3 is 12.1 Å². The Morgan fingerprint density at radius 1 is 1.15 bits per heavy atom. The van der Waals surface area contributed by atoms with E-state index < -0.39 is 5.60 Å². The van der Waals surface area contributed by atoms with Crippen LogP contribution in [0.1, 0.15) is 43.1 Å². The van der Waals surface area contributed by atoms with Gasteiger partial charge in [-0.15, -0.1) is 0 Å². The smallest absolute Gasteiger partial charge is 0.410 e. The molecule has 0 unspecified atom stereocenters. The zero-order valence-electron chi connectivity index (χ0n) is 15.9. The van der Waals surface area contributed by atoms with Gasteiger partial charge in [0.05, 0.1) is 12.7 Å². The highest BCUT2D eigenvalue weighted by Crippen LogP contribution is 2.24. The molecule has 7 heteroatoms. The third-order valence-electron chi connectivity index (χ3n) is 4.15. The topological polar surface area (TPSA) is 59.1 Å². The molecule has 0 aliphatic carbocycles. The van der Waals surface area contributed by atoms with Crippen LogP contribution < -0.4 is 4.90 Å². The monoisotopic (exact) mass is 426 g/mol. The summed E-state index contributed by atoms with van der Waals surface area (Å²) in [6.45, 7) is 8.48. The molecule has 1 aliphatic heterocycles. The van der Waals surface area contributed by atoms with E-state index in [0.717, 1.165) is 30.8 Å². The minimum absolute atomic E-state index is 0.262. The van der Waals surface area contributed by atoms with Gasteiger partial charge in [-0.25, -0.2) is 9.59 Å². The summed E-state index contributed by atoms with van der Waals surface area (Å²) >= 11 is 3.44. The Balaban J connectivity index is 2.09. The number of methoxy groups -OCH3 is 1. The van der Waals surface area contributed by atoms with Gasteiger partial charge in [-0.05, 0) is 51.0 Å². The molecule has 1 aromatic carbocycles. The molecule has 0 spiro atoms. The van der Waals surface area contributed by atoms with Crippen molar-refractivity contribution >= 4 is 33.7 Å². The molecule has 0 bridgehead atoms. The lowest BCUT2D eigenvalue weighted by Crippen LogP contribution is -2.39. The van der Waals surface area contributed by atoms with Crippen molar-refractivity contribution in [2.75, 3.05) is 38.2 Å². The van der Waals surface area contributed by atoms with Crippen molar-refractivity contribution in [2.24, 2.45) is 0 Å². The Bertz CT molecular complexity index is 657. The van der Waals surface area contributed by atoms with Crippen molar-refractivity contribution in [2.45, 2.75) is 38.1 Å². The quantitative estimate of drug-likeness (QED) is 0.542. The maximum Gasteiger partial charge on any atom is 0.410 e. The number of amides is 1. The number of hydrogen-bond acceptors (Lipinski definition) is 5. The van der Waals surface area contributed by atoms with Crippen molar-refractivity contribution in [1.82, 2.24) is 4.90 Å². The molecule has 0 atom stereocenters. The van der Waals surface area contributed by atoms with Crippen LogP contribution in [0.25, 0.3) is 0 Å². The first-order valence-corrected chi connectivity index (χ1v) is 9.87. The highest BCUT2D eigenvalue weighted by Gasteiger charge is 2.25. The summed E-state index contributed by atoms with van der Waals surface area (Å²) in [6, 6.07) is 5.74. The fourth-order valence-corrected chi connectivity index (χ4v) is 3.35. The van der Waals surface area contributed by atoms with E-state index in [1.165, 1.54) is 7.11 Å². The predicted molar refractivity (Wildman–Crippen MR) is 105 cm³/mol. The van der Waals surface area contributed by atoms with Crippen LogP contribution in [0.5, 0.6) is 0 Å². The molecule has 1 heterocycles. The first-order chi connectivity index (χ1) is 12.2. The number of anilines is 1. The number of alkyl halides is 1. The summed E-state index contributed by atoms with van der Waals surface area (Å²) in [7, 11) is 1.38. The first kappa shape index (κ1) is 20.6. The highest BCUT2D eigenvalue weighted by atomic mass is 79.9. The SMILES string of the molecule is COC(=O)c1ccc(N2CCCN(C(=O)OC(C)(C)C)CC2)cc1CBr. The molecular formula is C19H27BrN2O4. The molecular weight excluding hydrogens is 400 g/mol. The zero-order valence-corrected chi connectivity index (χ0v) is 17.5. The summed E-state index contributed by atoms with van der Waals surface area (Å²) in [4.78, 5) is 28.1. The fraction of sp³-hybridized carbons (Fsp3) is 0.579. The number of hydrogen-bond donors (Lipinski definition) is 0. The number of benzene rings is 1. The van der Waals surface area contributed by atoms with E-state index >= 15 is 0 Å². The van der Waals surface area contributed by atoms with Crippen LogP contribution in [0, 0.1) is 0 Å². The van der Waals surface area contributed by atoms with Crippen molar-refractivity contribution in [3.63, 3.8) is 0 Å². The van der Waals surface area contributed by atoms with Crippen LogP contribution in [0.3, 0.4) is 0 Å². The van der Waals surface area contributed by atoms with E-state index in [0.29, 0.717) is 24.0 Å². The van der Waals surface area contributed by atoms with Gasteiger partial charge in [-0.2, -0.15) is 0 Å². The van der Waals surface area contributed by atoms with E-state index in [-0.39, 0.29) is 12.1 Å². The van der Waals surface area contributed by atoms with Gasteiger partial charge in [0.25, 0.3) is 0 Å². The molecule has 6 nitrogen and oxygen atoms in total. The van der Waals surface area contributed by atoms with E-state index in [1.807, 2.05) is 32.9 Å². The minimum atomic E-state index is -0.489. The summed E-state index contributed by atoms with van der Waals surface area (Å²) in [6.07, 6.45) is 0.600. The Morgan fingerprint density at radius 3 is 2.50 bits per heavy atom. The lowest BCUT2D eigenvalue weighted by atomic mass is 10.1. The number of halogens is 1. The molecule has 1 aliphatic rings. The molecule has 144 valence electrons. The molecule has 1 aromatic rings. The maximum atomic E-state index is 12.3. The first-order valence-electron chi connectivity index (χ1n) is 8.75. The van der Waals surface area contributed by atoms with Crippen molar-refractivity contribution in [3.8, 4) is 0 Å². The molecule has 26 heavy (non-hydrogen) atoms. The predicted octanol–water partition coefficient (Wildman–Crippen LogP) is 3.82. The molecule has 0 saturated carbocycles. The summed E-state index contributed by atoms with van der Waals surface area (Å²) < 4.78 is 10.3. The second-order valence-corrected chi connectivity index (χ2v) is 7.84. The molecule has 0 N–H and O–H groups in total. The molecule has 1 fully saturated rings. The average Bonchev–Trinajstić information content (AvgIpc) is 2.85. The molecule has 1 saturated heterocycles. The van der Waals surface area contributed by atoms with E-state index in [4.69, 9.17) is 9.47 Å². The van der Waals surface area contributed by atoms with Gasteiger partial charge in [0.15, 0.2) is 0 Å². The van der Waals surface area contributed by atoms with Crippen molar-refractivity contribution in [3.05, 3.63) is 29.3 Å². The number of rotatable bonds is 3. The molecule has 0 aromatic heterocycles. The number of carbonyl (C=O) groups excluding carboxylic acids is 2. The molecule has 2 rings (SSSR count). The summed E-state index contributed by atoms with van der Waals surface area (Å²) in [5.41, 5.74) is 2.01. The van der Waals surface area contributed by atoms with Crippen molar-refractivity contribution in [1.29, 1.82) is 0 Å². The third kappa shape index (κ3) is 5.37. The average molecular weight is 427 g/mol. The lowest BCUT2D eigenvalue weighted by Gasteiger charge is -2.27. The Labute approximate surface area is 163 Å². The minimum Gasteiger partial charge on any atom is -0.465 e. The van der Waals surface area contributed by atoms with Crippen LogP contribution in [0.15, 0.2) is 18.2 Å². The third-order valence-corrected chi connectivity index (χ3v) is 4.75. The van der Waals surface area contributed by atoms with Crippen LogP contribution in [-0.4, -0.2) is 55.9 Å². The largest absolute Gasteiger partial charge is 0.465 e. The standard InChI is InChI=1S/C19H27BrN2O4/c1-19(2,3)26-18(24)22-9-5-8-21(10-11-22)15-6-7-16(17(23)25-4)14(12-15)13-20/h6-7,12H,5,8-11,13H2,1-4H3. The van der Waals surface area contributed by atoms with Gasteiger partial charge < -0.3 is 19.3 Å². The Hall–Kier alpha value is -1.76. The summed E-state index contributed by atoms with van der Waals surface area (Å²) in [5, 5.41) is 0.573. The number of esters is 1. The van der Waals surface area contributed by atoms with Gasteiger partial charge in [-0.3, -0.25) is 0 Å².